The van der Waals surface area contributed by atoms with Gasteiger partial charge in [0.25, 0.3) is 11.8 Å². The maximum atomic E-state index is 11.7. The molecule has 1 aliphatic heterocycles. The third kappa shape index (κ3) is 4.35. The Hall–Kier alpha value is -1.92. The minimum absolute atomic E-state index is 0.203. The van der Waals surface area contributed by atoms with Crippen LogP contribution in [0.2, 0.25) is 0 Å². The van der Waals surface area contributed by atoms with E-state index in [9.17, 15) is 9.59 Å². The SMILES string of the molecule is O=C(CN1CCNCC1)NNC(=O)c1ccccc1. The number of carbonyl (C=O) groups is 2. The van der Waals surface area contributed by atoms with Crippen molar-refractivity contribution in [1.29, 1.82) is 0 Å². The van der Waals surface area contributed by atoms with Gasteiger partial charge in [0.1, 0.15) is 0 Å². The zero-order valence-corrected chi connectivity index (χ0v) is 10.7. The Kier molecular flexibility index (Phi) is 4.88. The summed E-state index contributed by atoms with van der Waals surface area (Å²) in [6.07, 6.45) is 0. The molecule has 1 aromatic rings. The van der Waals surface area contributed by atoms with Gasteiger partial charge >= 0.3 is 0 Å². The molecule has 2 rings (SSSR count). The molecule has 1 fully saturated rings. The number of amides is 2. The molecule has 0 radical (unpaired) electrons. The van der Waals surface area contributed by atoms with Crippen LogP contribution in [0.25, 0.3) is 0 Å². The van der Waals surface area contributed by atoms with E-state index in [1.54, 1.807) is 24.3 Å². The van der Waals surface area contributed by atoms with Gasteiger partial charge in [-0.05, 0) is 12.1 Å². The van der Waals surface area contributed by atoms with E-state index in [2.05, 4.69) is 16.2 Å². The summed E-state index contributed by atoms with van der Waals surface area (Å²) in [6, 6.07) is 8.77. The fourth-order valence-electron chi connectivity index (χ4n) is 1.90. The van der Waals surface area contributed by atoms with E-state index < -0.39 is 0 Å². The molecule has 2 amide bonds. The van der Waals surface area contributed by atoms with Crippen LogP contribution in [-0.4, -0.2) is 49.4 Å². The molecule has 6 nitrogen and oxygen atoms in total. The maximum absolute atomic E-state index is 11.7. The third-order valence-electron chi connectivity index (χ3n) is 2.93. The lowest BCUT2D eigenvalue weighted by atomic mass is 10.2. The number of rotatable bonds is 3. The highest BCUT2D eigenvalue weighted by atomic mass is 16.2. The Bertz CT molecular complexity index is 430. The smallest absolute Gasteiger partial charge is 0.269 e. The number of hydrazine groups is 1. The summed E-state index contributed by atoms with van der Waals surface area (Å²) >= 11 is 0. The molecule has 3 N–H and O–H groups in total. The third-order valence-corrected chi connectivity index (χ3v) is 2.93. The molecule has 1 aliphatic rings. The van der Waals surface area contributed by atoms with Crippen molar-refractivity contribution >= 4 is 11.8 Å². The number of hydrogen-bond acceptors (Lipinski definition) is 4. The van der Waals surface area contributed by atoms with Crippen LogP contribution in [0.4, 0.5) is 0 Å². The number of nitrogens with zero attached hydrogens (tertiary/aromatic N) is 1. The molecule has 102 valence electrons. The second-order valence-corrected chi connectivity index (χ2v) is 4.39. The Labute approximate surface area is 112 Å². The topological polar surface area (TPSA) is 73.5 Å². The first kappa shape index (κ1) is 13.5. The molecular formula is C13H18N4O2. The van der Waals surface area contributed by atoms with E-state index in [0.29, 0.717) is 12.1 Å². The number of carbonyl (C=O) groups excluding carboxylic acids is 2. The Morgan fingerprint density at radius 2 is 1.79 bits per heavy atom. The lowest BCUT2D eigenvalue weighted by Gasteiger charge is -2.26. The van der Waals surface area contributed by atoms with Crippen LogP contribution in [0.5, 0.6) is 0 Å². The van der Waals surface area contributed by atoms with Gasteiger partial charge in [-0.1, -0.05) is 18.2 Å². The second-order valence-electron chi connectivity index (χ2n) is 4.39. The van der Waals surface area contributed by atoms with Crippen molar-refractivity contribution in [2.75, 3.05) is 32.7 Å². The van der Waals surface area contributed by atoms with Crippen molar-refractivity contribution in [1.82, 2.24) is 21.1 Å². The van der Waals surface area contributed by atoms with E-state index in [1.807, 2.05) is 11.0 Å². The van der Waals surface area contributed by atoms with Crippen LogP contribution >= 0.6 is 0 Å². The highest BCUT2D eigenvalue weighted by Gasteiger charge is 2.13. The average molecular weight is 262 g/mol. The van der Waals surface area contributed by atoms with Gasteiger partial charge in [-0.2, -0.15) is 0 Å². The molecule has 0 saturated carbocycles. The van der Waals surface area contributed by atoms with E-state index >= 15 is 0 Å². The monoisotopic (exact) mass is 262 g/mol. The molecule has 0 bridgehead atoms. The van der Waals surface area contributed by atoms with Crippen LogP contribution in [0.15, 0.2) is 30.3 Å². The van der Waals surface area contributed by atoms with Gasteiger partial charge in [-0.15, -0.1) is 0 Å². The van der Waals surface area contributed by atoms with Gasteiger partial charge < -0.3 is 5.32 Å². The fourth-order valence-corrected chi connectivity index (χ4v) is 1.90. The molecular weight excluding hydrogens is 244 g/mol. The zero-order chi connectivity index (χ0) is 13.5. The van der Waals surface area contributed by atoms with E-state index in [-0.39, 0.29) is 11.8 Å². The summed E-state index contributed by atoms with van der Waals surface area (Å²) in [5.74, 6) is -0.513. The Balaban J connectivity index is 1.72. The van der Waals surface area contributed by atoms with Crippen molar-refractivity contribution < 1.29 is 9.59 Å². The summed E-state index contributed by atoms with van der Waals surface area (Å²) in [6.45, 7) is 3.78. The number of hydrogen-bond donors (Lipinski definition) is 3. The van der Waals surface area contributed by atoms with Crippen LogP contribution in [0.1, 0.15) is 10.4 Å². The van der Waals surface area contributed by atoms with E-state index in [4.69, 9.17) is 0 Å². The Morgan fingerprint density at radius 1 is 1.11 bits per heavy atom. The predicted octanol–water partition coefficient (Wildman–Crippen LogP) is -0.647. The number of benzene rings is 1. The van der Waals surface area contributed by atoms with Gasteiger partial charge in [0.2, 0.25) is 0 Å². The first-order valence-electron chi connectivity index (χ1n) is 6.33. The largest absolute Gasteiger partial charge is 0.314 e. The minimum atomic E-state index is -0.311. The molecule has 0 aliphatic carbocycles. The minimum Gasteiger partial charge on any atom is -0.314 e. The van der Waals surface area contributed by atoms with Gasteiger partial charge in [0.15, 0.2) is 0 Å². The molecule has 1 heterocycles. The highest BCUT2D eigenvalue weighted by Crippen LogP contribution is 1.96. The predicted molar refractivity (Wildman–Crippen MR) is 71.4 cm³/mol. The Morgan fingerprint density at radius 3 is 2.47 bits per heavy atom. The van der Waals surface area contributed by atoms with Crippen molar-refractivity contribution in [2.24, 2.45) is 0 Å². The standard InChI is InChI=1S/C13H18N4O2/c18-12(10-17-8-6-14-7-9-17)15-16-13(19)11-4-2-1-3-5-11/h1-5,14H,6-10H2,(H,15,18)(H,16,19). The molecule has 1 saturated heterocycles. The van der Waals surface area contributed by atoms with Crippen molar-refractivity contribution in [3.8, 4) is 0 Å². The second kappa shape index (κ2) is 6.86. The average Bonchev–Trinajstić information content (AvgIpc) is 2.47. The van der Waals surface area contributed by atoms with Crippen LogP contribution < -0.4 is 16.2 Å². The summed E-state index contributed by atoms with van der Waals surface area (Å²) in [7, 11) is 0. The molecule has 0 atom stereocenters. The van der Waals surface area contributed by atoms with Gasteiger partial charge in [0.05, 0.1) is 6.54 Å². The fraction of sp³-hybridized carbons (Fsp3) is 0.385. The summed E-state index contributed by atoms with van der Waals surface area (Å²) in [4.78, 5) is 25.4. The summed E-state index contributed by atoms with van der Waals surface area (Å²) < 4.78 is 0. The molecule has 1 aromatic carbocycles. The number of nitrogens with one attached hydrogen (secondary N) is 3. The first-order valence-corrected chi connectivity index (χ1v) is 6.33. The lowest BCUT2D eigenvalue weighted by Crippen LogP contribution is -2.50. The number of piperazine rings is 1. The van der Waals surface area contributed by atoms with Crippen LogP contribution in [0, 0.1) is 0 Å². The summed E-state index contributed by atoms with van der Waals surface area (Å²) in [5.41, 5.74) is 5.35. The zero-order valence-electron chi connectivity index (χ0n) is 10.7. The van der Waals surface area contributed by atoms with Gasteiger partial charge in [-0.3, -0.25) is 25.3 Å². The van der Waals surface area contributed by atoms with Crippen molar-refractivity contribution in [3.63, 3.8) is 0 Å². The van der Waals surface area contributed by atoms with Crippen LogP contribution in [-0.2, 0) is 4.79 Å². The lowest BCUT2D eigenvalue weighted by molar-refractivity contribution is -0.123. The molecule has 0 spiro atoms. The van der Waals surface area contributed by atoms with E-state index in [0.717, 1.165) is 26.2 Å². The first-order chi connectivity index (χ1) is 9.25. The maximum Gasteiger partial charge on any atom is 0.269 e. The quantitative estimate of drug-likeness (QED) is 0.633. The van der Waals surface area contributed by atoms with Crippen molar-refractivity contribution in [2.45, 2.75) is 0 Å². The summed E-state index contributed by atoms with van der Waals surface area (Å²) in [5, 5.41) is 3.22. The molecule has 19 heavy (non-hydrogen) atoms. The molecule has 0 unspecified atom stereocenters. The normalized spacial score (nSPS) is 15.8. The molecule has 6 heteroatoms. The van der Waals surface area contributed by atoms with Crippen molar-refractivity contribution in [3.05, 3.63) is 35.9 Å². The van der Waals surface area contributed by atoms with Gasteiger partial charge in [-0.25, -0.2) is 0 Å². The highest BCUT2D eigenvalue weighted by molar-refractivity contribution is 5.95. The van der Waals surface area contributed by atoms with Crippen LogP contribution in [0.3, 0.4) is 0 Å². The van der Waals surface area contributed by atoms with E-state index in [1.165, 1.54) is 0 Å². The molecule has 0 aromatic heterocycles. The van der Waals surface area contributed by atoms with Gasteiger partial charge in [0, 0.05) is 31.7 Å².